The summed E-state index contributed by atoms with van der Waals surface area (Å²) < 4.78 is 11.7. The van der Waals surface area contributed by atoms with Crippen molar-refractivity contribution >= 4 is 17.5 Å². The van der Waals surface area contributed by atoms with Gasteiger partial charge in [0.25, 0.3) is 5.91 Å². The minimum absolute atomic E-state index is 0.127. The molecule has 2 unspecified atom stereocenters. The molecule has 35 heavy (non-hydrogen) atoms. The summed E-state index contributed by atoms with van der Waals surface area (Å²) >= 11 is 0. The van der Waals surface area contributed by atoms with Crippen molar-refractivity contribution in [2.75, 3.05) is 18.6 Å². The molecule has 2 atom stereocenters. The molecule has 7 heteroatoms. The van der Waals surface area contributed by atoms with E-state index in [2.05, 4.69) is 6.07 Å². The number of nitrogens with zero attached hydrogens (tertiary/aromatic N) is 3. The smallest absolute Gasteiger partial charge is 0.267 e. The lowest BCUT2D eigenvalue weighted by Crippen LogP contribution is -2.60. The normalized spacial score (nSPS) is 19.3. The summed E-state index contributed by atoms with van der Waals surface area (Å²) in [6.45, 7) is 1.09. The maximum Gasteiger partial charge on any atom is 0.267 e. The number of ether oxygens (including phenoxy) is 2. The van der Waals surface area contributed by atoms with Crippen LogP contribution in [0.5, 0.6) is 11.5 Å². The highest BCUT2D eigenvalue weighted by atomic mass is 16.5. The second-order valence-electron chi connectivity index (χ2n) is 8.65. The largest absolute Gasteiger partial charge is 0.496 e. The summed E-state index contributed by atoms with van der Waals surface area (Å²) in [5, 5.41) is 9.22. The third-order valence-corrected chi connectivity index (χ3v) is 6.48. The Kier molecular flexibility index (Phi) is 6.11. The number of hydrogen-bond acceptors (Lipinski definition) is 5. The van der Waals surface area contributed by atoms with E-state index in [0.29, 0.717) is 36.6 Å². The molecule has 0 radical (unpaired) electrons. The Bertz CT molecular complexity index is 1320. The van der Waals surface area contributed by atoms with Gasteiger partial charge in [-0.15, -0.1) is 0 Å². The number of amides is 2. The van der Waals surface area contributed by atoms with E-state index in [0.717, 1.165) is 23.2 Å². The predicted molar refractivity (Wildman–Crippen MR) is 130 cm³/mol. The summed E-state index contributed by atoms with van der Waals surface area (Å²) in [5.74, 6) is 1.12. The van der Waals surface area contributed by atoms with Crippen LogP contribution in [0.4, 0.5) is 5.69 Å². The Balaban J connectivity index is 1.44. The zero-order valence-corrected chi connectivity index (χ0v) is 19.4. The number of likely N-dealkylation sites (tertiary alicyclic amines) is 1. The molecule has 2 aliphatic heterocycles. The van der Waals surface area contributed by atoms with E-state index in [4.69, 9.17) is 9.47 Å². The van der Waals surface area contributed by atoms with Crippen LogP contribution in [-0.2, 0) is 16.1 Å². The van der Waals surface area contributed by atoms with Crippen LogP contribution >= 0.6 is 0 Å². The predicted octanol–water partition coefficient (Wildman–Crippen LogP) is 4.22. The van der Waals surface area contributed by atoms with Gasteiger partial charge in [-0.25, -0.2) is 0 Å². The number of benzene rings is 3. The van der Waals surface area contributed by atoms with Gasteiger partial charge in [0, 0.05) is 30.8 Å². The first-order valence-electron chi connectivity index (χ1n) is 11.6. The van der Waals surface area contributed by atoms with Crippen molar-refractivity contribution in [1.29, 1.82) is 5.26 Å². The minimum atomic E-state index is -0.747. The summed E-state index contributed by atoms with van der Waals surface area (Å²) in [4.78, 5) is 29.1. The number of carbonyl (C=O) groups is 2. The fourth-order valence-corrected chi connectivity index (χ4v) is 4.78. The van der Waals surface area contributed by atoms with Gasteiger partial charge < -0.3 is 19.3 Å². The summed E-state index contributed by atoms with van der Waals surface area (Å²) in [5.41, 5.74) is 3.10. The van der Waals surface area contributed by atoms with Gasteiger partial charge in [0.1, 0.15) is 17.5 Å². The molecule has 2 aliphatic rings. The number of carbonyl (C=O) groups excluding carboxylic acids is 2. The van der Waals surface area contributed by atoms with E-state index in [1.54, 1.807) is 41.2 Å². The Labute approximate surface area is 204 Å². The molecule has 5 rings (SSSR count). The molecule has 0 N–H and O–H groups in total. The summed E-state index contributed by atoms with van der Waals surface area (Å²) in [6, 6.07) is 23.9. The number of β-lactam (4-membered cyclic amide) rings is 1. The van der Waals surface area contributed by atoms with E-state index in [9.17, 15) is 14.9 Å². The van der Waals surface area contributed by atoms with Crippen molar-refractivity contribution in [3.63, 3.8) is 0 Å². The quantitative estimate of drug-likeness (QED) is 0.486. The molecular formula is C28H25N3O4. The second kappa shape index (κ2) is 9.51. The molecule has 0 aromatic heterocycles. The molecule has 176 valence electrons. The fraction of sp³-hybridized carbons (Fsp3) is 0.250. The Morgan fingerprint density at radius 3 is 2.63 bits per heavy atom. The molecule has 0 saturated carbocycles. The molecule has 2 heterocycles. The van der Waals surface area contributed by atoms with Crippen molar-refractivity contribution in [3.8, 4) is 17.6 Å². The fourth-order valence-electron chi connectivity index (χ4n) is 4.78. The molecule has 7 nitrogen and oxygen atoms in total. The van der Waals surface area contributed by atoms with Crippen LogP contribution in [0.2, 0.25) is 0 Å². The maximum atomic E-state index is 13.3. The van der Waals surface area contributed by atoms with Crippen molar-refractivity contribution in [3.05, 3.63) is 89.5 Å². The SMILES string of the molecule is COc1ccccc1C1C(Oc2cccc(C#N)c2)C(=O)N1Cc1cccc(N2CCCC2=O)c1. The molecule has 2 saturated heterocycles. The first-order chi connectivity index (χ1) is 17.1. The molecule has 2 amide bonds. The summed E-state index contributed by atoms with van der Waals surface area (Å²) in [7, 11) is 1.60. The monoisotopic (exact) mass is 467 g/mol. The summed E-state index contributed by atoms with van der Waals surface area (Å²) in [6.07, 6.45) is 0.676. The molecule has 3 aromatic rings. The number of methoxy groups -OCH3 is 1. The van der Waals surface area contributed by atoms with Crippen molar-refractivity contribution in [2.45, 2.75) is 31.5 Å². The number of hydrogen-bond donors (Lipinski definition) is 0. The van der Waals surface area contributed by atoms with Gasteiger partial charge in [-0.2, -0.15) is 5.26 Å². The van der Waals surface area contributed by atoms with E-state index >= 15 is 0 Å². The minimum Gasteiger partial charge on any atom is -0.496 e. The van der Waals surface area contributed by atoms with Crippen molar-refractivity contribution in [2.24, 2.45) is 0 Å². The third-order valence-electron chi connectivity index (χ3n) is 6.48. The lowest BCUT2D eigenvalue weighted by Gasteiger charge is -2.47. The van der Waals surface area contributed by atoms with E-state index < -0.39 is 6.10 Å². The lowest BCUT2D eigenvalue weighted by atomic mass is 9.89. The van der Waals surface area contributed by atoms with Crippen LogP contribution in [0.25, 0.3) is 0 Å². The van der Waals surface area contributed by atoms with E-state index in [-0.39, 0.29) is 17.9 Å². The average molecular weight is 468 g/mol. The molecule has 2 fully saturated rings. The molecular weight excluding hydrogens is 442 g/mol. The molecule has 0 aliphatic carbocycles. The van der Waals surface area contributed by atoms with Crippen LogP contribution in [0.3, 0.4) is 0 Å². The number of rotatable bonds is 7. The van der Waals surface area contributed by atoms with Crippen molar-refractivity contribution < 1.29 is 19.1 Å². The van der Waals surface area contributed by atoms with Crippen LogP contribution in [0.15, 0.2) is 72.8 Å². The topological polar surface area (TPSA) is 82.9 Å². The number of para-hydroxylation sites is 1. The van der Waals surface area contributed by atoms with Crippen LogP contribution in [0, 0.1) is 11.3 Å². The highest BCUT2D eigenvalue weighted by Crippen LogP contribution is 2.42. The van der Waals surface area contributed by atoms with Gasteiger partial charge >= 0.3 is 0 Å². The Morgan fingerprint density at radius 1 is 1.03 bits per heavy atom. The number of anilines is 1. The molecule has 0 bridgehead atoms. The zero-order valence-electron chi connectivity index (χ0n) is 19.4. The standard InChI is InChI=1S/C28H25N3O4/c1-34-24-12-3-2-11-23(24)26-27(35-22-10-5-7-19(16-22)17-29)28(33)31(26)18-20-8-4-9-21(15-20)30-14-6-13-25(30)32/h2-5,7-12,15-16,26-27H,6,13-14,18H2,1H3. The van der Waals surface area contributed by atoms with Gasteiger partial charge in [0.05, 0.1) is 18.7 Å². The second-order valence-corrected chi connectivity index (χ2v) is 8.65. The Hall–Kier alpha value is -4.31. The van der Waals surface area contributed by atoms with Gasteiger partial charge in [0.2, 0.25) is 12.0 Å². The number of nitriles is 1. The van der Waals surface area contributed by atoms with Crippen molar-refractivity contribution in [1.82, 2.24) is 4.90 Å². The molecule has 0 spiro atoms. The first kappa shape index (κ1) is 22.5. The third kappa shape index (κ3) is 4.31. The first-order valence-corrected chi connectivity index (χ1v) is 11.6. The highest BCUT2D eigenvalue weighted by molar-refractivity contribution is 5.95. The van der Waals surface area contributed by atoms with E-state index in [1.807, 2.05) is 48.5 Å². The zero-order chi connectivity index (χ0) is 24.4. The molecule has 3 aromatic carbocycles. The highest BCUT2D eigenvalue weighted by Gasteiger charge is 2.51. The van der Waals surface area contributed by atoms with Crippen LogP contribution in [0.1, 0.15) is 35.6 Å². The van der Waals surface area contributed by atoms with Gasteiger partial charge in [-0.3, -0.25) is 9.59 Å². The van der Waals surface area contributed by atoms with Gasteiger partial charge in [0.15, 0.2) is 0 Å². The van der Waals surface area contributed by atoms with Gasteiger partial charge in [-0.05, 0) is 48.4 Å². The average Bonchev–Trinajstić information content (AvgIpc) is 3.33. The van der Waals surface area contributed by atoms with Gasteiger partial charge in [-0.1, -0.05) is 36.4 Å². The van der Waals surface area contributed by atoms with E-state index in [1.165, 1.54) is 0 Å². The van der Waals surface area contributed by atoms with Crippen LogP contribution < -0.4 is 14.4 Å². The Morgan fingerprint density at radius 2 is 1.86 bits per heavy atom. The van der Waals surface area contributed by atoms with Crippen LogP contribution in [-0.4, -0.2) is 36.5 Å². The lowest BCUT2D eigenvalue weighted by molar-refractivity contribution is -0.165. The maximum absolute atomic E-state index is 13.3.